The van der Waals surface area contributed by atoms with Crippen molar-refractivity contribution in [1.82, 2.24) is 90.0 Å². The van der Waals surface area contributed by atoms with Crippen LogP contribution in [0.5, 0.6) is 11.5 Å². The van der Waals surface area contributed by atoms with Crippen molar-refractivity contribution in [2.24, 2.45) is 21.9 Å². The second kappa shape index (κ2) is 19.2. The molecule has 360 valence electrons. The molecule has 0 saturated heterocycles. The van der Waals surface area contributed by atoms with Gasteiger partial charge in [-0.15, -0.1) is 20.4 Å². The Balaban J connectivity index is 0.685. The molecule has 11 rings (SSSR count). The molecule has 4 N–H and O–H groups in total. The molecule has 1 amide bonds. The number of tetrazole rings is 3. The zero-order valence-corrected chi connectivity index (χ0v) is 37.9. The maximum atomic E-state index is 16.3. The molecule has 7 aromatic heterocycles. The first-order chi connectivity index (χ1) is 34.8. The van der Waals surface area contributed by atoms with Gasteiger partial charge in [0.15, 0.2) is 23.1 Å². The summed E-state index contributed by atoms with van der Waals surface area (Å²) in [5.74, 6) is 4.65. The number of carbonyl (C=O) groups excluding carboxylic acids is 1. The fourth-order valence-corrected chi connectivity index (χ4v) is 8.43. The van der Waals surface area contributed by atoms with Gasteiger partial charge in [-0.25, -0.2) is 28.1 Å². The zero-order valence-electron chi connectivity index (χ0n) is 37.9. The first kappa shape index (κ1) is 44.6. The van der Waals surface area contributed by atoms with E-state index >= 15 is 8.78 Å². The molecule has 9 aromatic rings. The lowest BCUT2D eigenvalue weighted by molar-refractivity contribution is 0.0939. The van der Waals surface area contributed by atoms with Crippen LogP contribution in [-0.4, -0.2) is 117 Å². The van der Waals surface area contributed by atoms with E-state index in [1.807, 2.05) is 45.6 Å². The van der Waals surface area contributed by atoms with Crippen LogP contribution in [0.15, 0.2) is 96.1 Å². The summed E-state index contributed by atoms with van der Waals surface area (Å²) >= 11 is 0. The van der Waals surface area contributed by atoms with E-state index in [1.54, 1.807) is 18.3 Å². The van der Waals surface area contributed by atoms with Crippen molar-refractivity contribution in [2.45, 2.75) is 57.3 Å². The zero-order chi connectivity index (χ0) is 48.4. The lowest BCUT2D eigenvalue weighted by Gasteiger charge is -2.14. The molecule has 2 atom stereocenters. The summed E-state index contributed by atoms with van der Waals surface area (Å²) in [6, 6.07) is 14.4. The smallest absolute Gasteiger partial charge is 0.293 e. The molecule has 2 aliphatic carbocycles. The summed E-state index contributed by atoms with van der Waals surface area (Å²) in [7, 11) is 1.39. The highest BCUT2D eigenvalue weighted by atomic mass is 19.1. The molecule has 26 heteroatoms. The summed E-state index contributed by atoms with van der Waals surface area (Å²) in [4.78, 5) is 28.4. The van der Waals surface area contributed by atoms with Crippen molar-refractivity contribution >= 4 is 29.1 Å². The summed E-state index contributed by atoms with van der Waals surface area (Å²) in [5, 5.41) is 44.4. The number of nitrogens with one attached hydrogen (secondary N) is 2. The number of benzene rings is 2. The van der Waals surface area contributed by atoms with Crippen LogP contribution in [0.3, 0.4) is 0 Å². The van der Waals surface area contributed by atoms with Gasteiger partial charge in [-0.3, -0.25) is 9.79 Å². The minimum atomic E-state index is -0.667. The average molecular weight is 964 g/mol. The van der Waals surface area contributed by atoms with Crippen LogP contribution in [-0.2, 0) is 26.2 Å². The molecule has 2 aliphatic rings. The van der Waals surface area contributed by atoms with Gasteiger partial charge in [0.25, 0.3) is 11.7 Å². The Hall–Kier alpha value is -8.94. The number of hydrogen-bond acceptors (Lipinski definition) is 18. The fraction of sp³-hybridized carbons (Fsp3) is 0.289. The number of hydrazone groups is 1. The minimum absolute atomic E-state index is 0.0206. The van der Waals surface area contributed by atoms with Crippen LogP contribution in [0.25, 0.3) is 22.7 Å². The number of amides is 1. The Morgan fingerprint density at radius 3 is 2.21 bits per heavy atom. The highest BCUT2D eigenvalue weighted by Gasteiger charge is 2.39. The molecule has 7 heterocycles. The maximum Gasteiger partial charge on any atom is 0.293 e. The number of hydrogen-bond donors (Lipinski definition) is 3. The SMILES string of the molecule is COc1ccc(-n2cnnn2)c(CNCC(C=NCc2cn3cc(C4CC4COc4ccc(-n5cnnn5)c(CNC(=O)c5nnn(Cc6cn7cc(C8CC8)ccc7n6)n5)c4F)ccc3n2)=NN)c1F. The van der Waals surface area contributed by atoms with Gasteiger partial charge in [-0.1, -0.05) is 12.1 Å². The van der Waals surface area contributed by atoms with Gasteiger partial charge in [0.2, 0.25) is 0 Å². The summed E-state index contributed by atoms with van der Waals surface area (Å²) in [5.41, 5.74) is 6.95. The average Bonchev–Trinajstić information content (AvgIpc) is 3.86. The molecule has 0 aliphatic heterocycles. The Morgan fingerprint density at radius 2 is 1.51 bits per heavy atom. The van der Waals surface area contributed by atoms with Crippen LogP contribution < -0.4 is 25.9 Å². The number of aliphatic imine (C=N–C) groups is 1. The molecular weight excluding hydrogens is 921 g/mol. The lowest BCUT2D eigenvalue weighted by Crippen LogP contribution is -2.26. The van der Waals surface area contributed by atoms with E-state index in [9.17, 15) is 4.79 Å². The molecule has 24 nitrogen and oxygen atoms in total. The molecule has 2 fully saturated rings. The van der Waals surface area contributed by atoms with Gasteiger partial charge in [0.05, 0.1) is 48.7 Å². The minimum Gasteiger partial charge on any atom is -0.494 e. The Morgan fingerprint density at radius 1 is 0.831 bits per heavy atom. The second-order valence-electron chi connectivity index (χ2n) is 17.1. The predicted octanol–water partition coefficient (Wildman–Crippen LogP) is 2.92. The highest BCUT2D eigenvalue weighted by Crippen LogP contribution is 2.48. The third kappa shape index (κ3) is 9.59. The van der Waals surface area contributed by atoms with Crippen LogP contribution in [0, 0.1) is 17.6 Å². The molecule has 2 saturated carbocycles. The van der Waals surface area contributed by atoms with E-state index in [-0.39, 0.29) is 74.1 Å². The summed E-state index contributed by atoms with van der Waals surface area (Å²) in [6.07, 6.45) is 15.4. The van der Waals surface area contributed by atoms with Gasteiger partial charge < -0.3 is 34.8 Å². The largest absolute Gasteiger partial charge is 0.494 e. The quantitative estimate of drug-likeness (QED) is 0.0563. The lowest BCUT2D eigenvalue weighted by atomic mass is 10.1. The fourth-order valence-electron chi connectivity index (χ4n) is 8.43. The topological polar surface area (TPSA) is 276 Å². The van der Waals surface area contributed by atoms with Crippen molar-refractivity contribution in [1.29, 1.82) is 0 Å². The van der Waals surface area contributed by atoms with E-state index in [1.165, 1.54) is 64.5 Å². The molecular formula is C45H43F2N21O3. The monoisotopic (exact) mass is 963 g/mol. The van der Waals surface area contributed by atoms with Gasteiger partial charge in [-0.2, -0.15) is 9.90 Å². The number of nitrogens with two attached hydrogens (primary N) is 1. The maximum absolute atomic E-state index is 16.3. The molecule has 2 aromatic carbocycles. The number of halogens is 2. The number of ether oxygens (including phenoxy) is 2. The van der Waals surface area contributed by atoms with E-state index in [0.29, 0.717) is 34.3 Å². The first-order valence-corrected chi connectivity index (χ1v) is 22.5. The van der Waals surface area contributed by atoms with Crippen molar-refractivity contribution < 1.29 is 23.0 Å². The van der Waals surface area contributed by atoms with E-state index in [2.05, 4.69) is 84.4 Å². The number of methoxy groups -OCH3 is 1. The standard InChI is InChI=1S/C45H43F2N21O3/c1-70-38-8-6-36(66-24-52-59-62-66)34(42(38)46)16-50-14-30(56-48)13-49-15-31-20-65-19-28(5-11-40(65)54-31)33-12-29(33)23-71-39-9-7-37(67-25-53-60-63-67)35(43(39)47)17-51-45(69)44-57-61-68(58-44)22-32-21-64-18-27(26-2-3-26)4-10-41(64)55-32/h4-11,13,18-21,24-26,29,33,50H,2-3,12,14-17,22-23,48H2,1H3,(H,51,69). The number of carbonyl (C=O) groups is 1. The van der Waals surface area contributed by atoms with Gasteiger partial charge in [0, 0.05) is 67.7 Å². The Labute approximate surface area is 400 Å². The molecule has 0 radical (unpaired) electrons. The first-order valence-electron chi connectivity index (χ1n) is 22.5. The van der Waals surface area contributed by atoms with Crippen LogP contribution in [0.4, 0.5) is 8.78 Å². The van der Waals surface area contributed by atoms with Gasteiger partial charge in [-0.05, 0) is 105 Å². The Kier molecular flexibility index (Phi) is 12.1. The van der Waals surface area contributed by atoms with Crippen molar-refractivity contribution in [3.63, 3.8) is 0 Å². The highest BCUT2D eigenvalue weighted by molar-refractivity contribution is 6.31. The van der Waals surface area contributed by atoms with Crippen molar-refractivity contribution in [3.05, 3.63) is 137 Å². The Bertz CT molecular complexity index is 3440. The number of aromatic nitrogens is 16. The van der Waals surface area contributed by atoms with Gasteiger partial charge in [0.1, 0.15) is 30.5 Å². The third-order valence-electron chi connectivity index (χ3n) is 12.3. The number of pyridine rings is 2. The van der Waals surface area contributed by atoms with Crippen LogP contribution >= 0.6 is 0 Å². The predicted molar refractivity (Wildman–Crippen MR) is 247 cm³/mol. The van der Waals surface area contributed by atoms with Gasteiger partial charge >= 0.3 is 0 Å². The molecule has 2 unspecified atom stereocenters. The summed E-state index contributed by atoms with van der Waals surface area (Å²) < 4.78 is 49.4. The number of imidazole rings is 2. The second-order valence-corrected chi connectivity index (χ2v) is 17.1. The number of nitrogens with zero attached hydrogens (tertiary/aromatic N) is 18. The van der Waals surface area contributed by atoms with E-state index < -0.39 is 17.5 Å². The molecule has 71 heavy (non-hydrogen) atoms. The number of fused-ring (bicyclic) bond motifs is 2. The third-order valence-corrected chi connectivity index (χ3v) is 12.3. The van der Waals surface area contributed by atoms with Crippen molar-refractivity contribution in [3.8, 4) is 22.9 Å². The van der Waals surface area contributed by atoms with Crippen molar-refractivity contribution in [2.75, 3.05) is 20.3 Å². The van der Waals surface area contributed by atoms with Crippen LogP contribution in [0.2, 0.25) is 0 Å². The van der Waals surface area contributed by atoms with E-state index in [0.717, 1.165) is 29.0 Å². The van der Waals surface area contributed by atoms with E-state index in [4.69, 9.17) is 20.3 Å². The van der Waals surface area contributed by atoms with Crippen LogP contribution in [0.1, 0.15) is 75.4 Å². The molecule has 0 spiro atoms. The summed E-state index contributed by atoms with van der Waals surface area (Å²) in [6.45, 7) is 0.774. The molecule has 0 bridgehead atoms. The normalized spacial score (nSPS) is 15.8. The number of rotatable bonds is 20.